The zero-order valence-corrected chi connectivity index (χ0v) is 18.6. The molecule has 2 bridgehead atoms. The lowest BCUT2D eigenvalue weighted by molar-refractivity contribution is -0.143. The van der Waals surface area contributed by atoms with Crippen LogP contribution in [0.4, 0.5) is 0 Å². The number of aromatic nitrogens is 4. The summed E-state index contributed by atoms with van der Waals surface area (Å²) in [5.74, 6) is -0.532. The Hall–Kier alpha value is -3.63. The van der Waals surface area contributed by atoms with Crippen molar-refractivity contribution in [3.63, 3.8) is 0 Å². The number of primary amides is 1. The van der Waals surface area contributed by atoms with Crippen LogP contribution in [0.25, 0.3) is 22.6 Å². The molecular formula is C24H24N6O4. The molecule has 3 unspecified atom stereocenters. The van der Waals surface area contributed by atoms with Crippen molar-refractivity contribution in [2.24, 2.45) is 5.73 Å². The Morgan fingerprint density at radius 1 is 1.26 bits per heavy atom. The molecule has 34 heavy (non-hydrogen) atoms. The van der Waals surface area contributed by atoms with Crippen molar-refractivity contribution < 1.29 is 19.4 Å². The molecule has 3 aliphatic rings. The molecule has 4 N–H and O–H groups in total. The van der Waals surface area contributed by atoms with Gasteiger partial charge in [0.2, 0.25) is 0 Å². The molecule has 3 atom stereocenters. The number of hydrogen-bond donors (Lipinski definition) is 3. The van der Waals surface area contributed by atoms with E-state index in [2.05, 4.69) is 15.2 Å². The third kappa shape index (κ3) is 3.13. The lowest BCUT2D eigenvalue weighted by Gasteiger charge is -2.24. The smallest absolute Gasteiger partial charge is 0.267 e. The first-order valence-corrected chi connectivity index (χ1v) is 11.3. The number of likely N-dealkylation sites (N-methyl/N-ethyl adjacent to an activating group) is 1. The Kier molecular flexibility index (Phi) is 4.58. The standard InChI is InChI=1S/C24H24N6O4/c1-30-8-7-24(33,23(30)32)18-11-15(28-29-18)12-3-2-4-13(9-12)22-26-16-10-14-5-6-17(34-14)19(16)20(27-22)21(25)31/h2-4,9,11,14,17,33H,5-8,10H2,1H3,(H2,25,31)(H,28,29). The van der Waals surface area contributed by atoms with Gasteiger partial charge in [-0.05, 0) is 25.0 Å². The highest BCUT2D eigenvalue weighted by Crippen LogP contribution is 2.42. The van der Waals surface area contributed by atoms with Crippen molar-refractivity contribution in [1.82, 2.24) is 25.1 Å². The van der Waals surface area contributed by atoms with Crippen molar-refractivity contribution in [3.05, 3.63) is 53.0 Å². The fourth-order valence-electron chi connectivity index (χ4n) is 5.21. The van der Waals surface area contributed by atoms with Crippen LogP contribution in [0.5, 0.6) is 0 Å². The van der Waals surface area contributed by atoms with E-state index < -0.39 is 11.5 Å². The largest absolute Gasteiger partial charge is 0.374 e. The van der Waals surface area contributed by atoms with Crippen molar-refractivity contribution in [1.29, 1.82) is 0 Å². The van der Waals surface area contributed by atoms with Crippen molar-refractivity contribution in [2.45, 2.75) is 43.5 Å². The van der Waals surface area contributed by atoms with Gasteiger partial charge in [-0.25, -0.2) is 9.97 Å². The topological polar surface area (TPSA) is 147 Å². The Balaban J connectivity index is 1.38. The normalized spacial score (nSPS) is 25.6. The summed E-state index contributed by atoms with van der Waals surface area (Å²) >= 11 is 0. The molecule has 2 saturated heterocycles. The van der Waals surface area contributed by atoms with Crippen molar-refractivity contribution >= 4 is 11.8 Å². The molecule has 6 rings (SSSR count). The SMILES string of the molecule is CN1CCC(O)(c2cc(-c3cccc(-c4nc5c(c(C(N)=O)n4)C4CCC(C5)O4)c3)n[nH]2)C1=O. The number of ether oxygens (including phenoxy) is 1. The first kappa shape index (κ1) is 20.9. The summed E-state index contributed by atoms with van der Waals surface area (Å²) in [6.07, 6.45) is 2.62. The summed E-state index contributed by atoms with van der Waals surface area (Å²) in [6, 6.07) is 9.14. The number of carbonyl (C=O) groups excluding carboxylic acids is 2. The molecule has 10 heteroatoms. The van der Waals surface area contributed by atoms with Gasteiger partial charge in [-0.3, -0.25) is 14.7 Å². The van der Waals surface area contributed by atoms with Gasteiger partial charge in [0.1, 0.15) is 5.69 Å². The van der Waals surface area contributed by atoms with Crippen molar-refractivity contribution in [3.8, 4) is 22.6 Å². The van der Waals surface area contributed by atoms with Crippen LogP contribution in [0.1, 0.15) is 52.8 Å². The lowest BCUT2D eigenvalue weighted by Crippen LogP contribution is -2.36. The number of H-pyrrole nitrogens is 1. The van der Waals surface area contributed by atoms with Crippen LogP contribution in [0.3, 0.4) is 0 Å². The van der Waals surface area contributed by atoms with Gasteiger partial charge >= 0.3 is 0 Å². The predicted octanol–water partition coefficient (Wildman–Crippen LogP) is 1.46. The maximum absolute atomic E-state index is 12.4. The van der Waals surface area contributed by atoms with E-state index in [1.807, 2.05) is 24.3 Å². The Morgan fingerprint density at radius 3 is 2.85 bits per heavy atom. The number of nitrogens with two attached hydrogens (primary N) is 1. The Labute approximate surface area is 195 Å². The Bertz CT molecular complexity index is 1340. The fourth-order valence-corrected chi connectivity index (χ4v) is 5.21. The number of rotatable bonds is 4. The number of nitrogens with zero attached hydrogens (tertiary/aromatic N) is 4. The molecule has 3 aliphatic heterocycles. The summed E-state index contributed by atoms with van der Waals surface area (Å²) in [5.41, 5.74) is 8.23. The van der Waals surface area contributed by atoms with Crippen LogP contribution < -0.4 is 5.73 Å². The molecular weight excluding hydrogens is 436 g/mol. The van der Waals surface area contributed by atoms with E-state index in [0.717, 1.165) is 29.7 Å². The van der Waals surface area contributed by atoms with Gasteiger partial charge in [0, 0.05) is 43.1 Å². The molecule has 0 aliphatic carbocycles. The van der Waals surface area contributed by atoms with Gasteiger partial charge < -0.3 is 20.5 Å². The molecule has 174 valence electrons. The van der Waals surface area contributed by atoms with Crippen LogP contribution in [-0.4, -0.2) is 61.7 Å². The van der Waals surface area contributed by atoms with E-state index in [9.17, 15) is 14.7 Å². The molecule has 0 spiro atoms. The zero-order chi connectivity index (χ0) is 23.6. The summed E-state index contributed by atoms with van der Waals surface area (Å²) in [6.45, 7) is 0.476. The predicted molar refractivity (Wildman–Crippen MR) is 120 cm³/mol. The van der Waals surface area contributed by atoms with Crippen LogP contribution in [0.15, 0.2) is 30.3 Å². The number of hydrogen-bond acceptors (Lipinski definition) is 7. The molecule has 0 radical (unpaired) electrons. The van der Waals surface area contributed by atoms with Crippen LogP contribution in [-0.2, 0) is 21.6 Å². The maximum atomic E-state index is 12.4. The zero-order valence-electron chi connectivity index (χ0n) is 18.6. The number of nitrogens with one attached hydrogen (secondary N) is 1. The number of carbonyl (C=O) groups is 2. The third-order valence-corrected chi connectivity index (χ3v) is 7.06. The Morgan fingerprint density at radius 2 is 2.09 bits per heavy atom. The quantitative estimate of drug-likeness (QED) is 0.534. The van der Waals surface area contributed by atoms with E-state index in [1.165, 1.54) is 4.90 Å². The van der Waals surface area contributed by atoms with Gasteiger partial charge in [-0.15, -0.1) is 0 Å². The van der Waals surface area contributed by atoms with E-state index in [1.54, 1.807) is 13.1 Å². The average Bonchev–Trinajstić information content (AvgIpc) is 3.55. The molecule has 2 amide bonds. The van der Waals surface area contributed by atoms with Crippen LogP contribution >= 0.6 is 0 Å². The maximum Gasteiger partial charge on any atom is 0.267 e. The number of fused-ring (bicyclic) bond motifs is 4. The van der Waals surface area contributed by atoms with Crippen molar-refractivity contribution in [2.75, 3.05) is 13.6 Å². The first-order chi connectivity index (χ1) is 16.3. The highest BCUT2D eigenvalue weighted by Gasteiger charge is 2.46. The van der Waals surface area contributed by atoms with Crippen LogP contribution in [0.2, 0.25) is 0 Å². The average molecular weight is 460 g/mol. The minimum Gasteiger partial charge on any atom is -0.374 e. The molecule has 1 aromatic carbocycles. The van der Waals surface area contributed by atoms with Gasteiger partial charge in [-0.1, -0.05) is 18.2 Å². The number of benzene rings is 1. The summed E-state index contributed by atoms with van der Waals surface area (Å²) in [5, 5.41) is 18.1. The van der Waals surface area contributed by atoms with E-state index in [4.69, 9.17) is 15.5 Å². The van der Waals surface area contributed by atoms with E-state index in [0.29, 0.717) is 42.2 Å². The fraction of sp³-hybridized carbons (Fsp3) is 0.375. The summed E-state index contributed by atoms with van der Waals surface area (Å²) in [4.78, 5) is 35.5. The molecule has 10 nitrogen and oxygen atoms in total. The first-order valence-electron chi connectivity index (χ1n) is 11.3. The second-order valence-electron chi connectivity index (χ2n) is 9.23. The number of aromatic amines is 1. The molecule has 3 aromatic rings. The highest BCUT2D eigenvalue weighted by molar-refractivity contribution is 5.93. The minimum absolute atomic E-state index is 0.109. The van der Waals surface area contributed by atoms with Gasteiger partial charge in [-0.2, -0.15) is 5.10 Å². The molecule has 0 saturated carbocycles. The summed E-state index contributed by atoms with van der Waals surface area (Å²) in [7, 11) is 1.66. The molecule has 2 fully saturated rings. The minimum atomic E-state index is -1.60. The molecule has 5 heterocycles. The van der Waals surface area contributed by atoms with Gasteiger partial charge in [0.25, 0.3) is 11.8 Å². The van der Waals surface area contributed by atoms with E-state index in [-0.39, 0.29) is 23.8 Å². The van der Waals surface area contributed by atoms with Gasteiger partial charge in [0.05, 0.1) is 29.3 Å². The second-order valence-corrected chi connectivity index (χ2v) is 9.23. The lowest BCUT2D eigenvalue weighted by atomic mass is 9.97. The number of amides is 2. The van der Waals surface area contributed by atoms with E-state index >= 15 is 0 Å². The number of likely N-dealkylation sites (tertiary alicyclic amines) is 1. The monoisotopic (exact) mass is 460 g/mol. The molecule has 2 aromatic heterocycles. The second kappa shape index (κ2) is 7.44. The third-order valence-electron chi connectivity index (χ3n) is 7.06. The highest BCUT2D eigenvalue weighted by atomic mass is 16.5. The van der Waals surface area contributed by atoms with Crippen LogP contribution in [0, 0.1) is 0 Å². The van der Waals surface area contributed by atoms with Gasteiger partial charge in [0.15, 0.2) is 11.4 Å². The summed E-state index contributed by atoms with van der Waals surface area (Å²) < 4.78 is 5.96. The number of aliphatic hydroxyl groups is 1.